The summed E-state index contributed by atoms with van der Waals surface area (Å²) in [5.41, 5.74) is 6.95. The predicted molar refractivity (Wildman–Crippen MR) is 75.4 cm³/mol. The van der Waals surface area contributed by atoms with Crippen LogP contribution in [0.4, 0.5) is 5.69 Å². The van der Waals surface area contributed by atoms with Gasteiger partial charge in [0, 0.05) is 17.0 Å². The Labute approximate surface area is 112 Å². The van der Waals surface area contributed by atoms with Crippen molar-refractivity contribution in [2.75, 3.05) is 12.0 Å². The van der Waals surface area contributed by atoms with Crippen molar-refractivity contribution >= 4 is 23.4 Å². The molecule has 3 N–H and O–H groups in total. The van der Waals surface area contributed by atoms with Gasteiger partial charge in [-0.3, -0.25) is 9.78 Å². The van der Waals surface area contributed by atoms with Gasteiger partial charge in [0.15, 0.2) is 0 Å². The number of nitrogen functional groups attached to an aromatic ring is 1. The predicted octanol–water partition coefficient (Wildman–Crippen LogP) is 1.61. The number of nitrogens with two attached hydrogens (primary N) is 1. The van der Waals surface area contributed by atoms with Gasteiger partial charge in [-0.1, -0.05) is 6.42 Å². The van der Waals surface area contributed by atoms with Crippen LogP contribution in [-0.2, 0) is 11.2 Å². The molecule has 18 heavy (non-hydrogen) atoms. The number of carbonyl (C=O) groups excluding carboxylic acids is 1. The van der Waals surface area contributed by atoms with Crippen LogP contribution in [0, 0.1) is 0 Å². The number of carbonyl (C=O) groups is 1. The molecule has 1 aromatic heterocycles. The molecule has 2 atom stereocenters. The van der Waals surface area contributed by atoms with Crippen LogP contribution in [0.15, 0.2) is 18.3 Å². The number of hydrogen-bond acceptors (Lipinski definition) is 4. The van der Waals surface area contributed by atoms with Crippen LogP contribution in [-0.4, -0.2) is 28.4 Å². The lowest BCUT2D eigenvalue weighted by molar-refractivity contribution is -0.121. The van der Waals surface area contributed by atoms with Crippen molar-refractivity contribution in [1.29, 1.82) is 0 Å². The lowest BCUT2D eigenvalue weighted by Crippen LogP contribution is -2.39. The summed E-state index contributed by atoms with van der Waals surface area (Å²) in [5, 5.41) is 3.68. The number of aromatic nitrogens is 1. The average Bonchev–Trinajstić information content (AvgIpc) is 2.79. The maximum Gasteiger partial charge on any atom is 0.226 e. The number of nitrogens with one attached hydrogen (secondary N) is 1. The van der Waals surface area contributed by atoms with Crippen LogP contribution in [0.1, 0.15) is 25.0 Å². The standard InChI is InChI=1S/C13H19N3OS/c1-18-12-4-2-3-11(12)16-13(17)7-10-6-5-9(14)8-15-10/h5-6,8,11-12H,2-4,7,14H2,1H3,(H,16,17). The number of anilines is 1. The second-order valence-electron chi connectivity index (χ2n) is 4.64. The third-order valence-electron chi connectivity index (χ3n) is 3.29. The zero-order valence-electron chi connectivity index (χ0n) is 10.6. The van der Waals surface area contributed by atoms with Crippen LogP contribution in [0.25, 0.3) is 0 Å². The summed E-state index contributed by atoms with van der Waals surface area (Å²) < 4.78 is 0. The van der Waals surface area contributed by atoms with Gasteiger partial charge in [0.2, 0.25) is 5.91 Å². The van der Waals surface area contributed by atoms with Gasteiger partial charge in [0.25, 0.3) is 0 Å². The van der Waals surface area contributed by atoms with E-state index in [9.17, 15) is 4.79 Å². The molecule has 1 fully saturated rings. The topological polar surface area (TPSA) is 68.0 Å². The third kappa shape index (κ3) is 3.38. The molecule has 0 aromatic carbocycles. The molecule has 5 heteroatoms. The van der Waals surface area contributed by atoms with E-state index in [1.807, 2.05) is 11.8 Å². The van der Waals surface area contributed by atoms with E-state index in [0.717, 1.165) is 12.1 Å². The quantitative estimate of drug-likeness (QED) is 0.868. The Morgan fingerprint density at radius 2 is 2.39 bits per heavy atom. The Morgan fingerprint density at radius 1 is 1.56 bits per heavy atom. The van der Waals surface area contributed by atoms with E-state index in [0.29, 0.717) is 23.4 Å². The van der Waals surface area contributed by atoms with Gasteiger partial charge >= 0.3 is 0 Å². The van der Waals surface area contributed by atoms with E-state index in [-0.39, 0.29) is 5.91 Å². The van der Waals surface area contributed by atoms with Gasteiger partial charge in [-0.05, 0) is 31.2 Å². The molecule has 0 radical (unpaired) electrons. The molecule has 1 amide bonds. The van der Waals surface area contributed by atoms with Crippen molar-refractivity contribution in [3.8, 4) is 0 Å². The maximum atomic E-state index is 11.9. The van der Waals surface area contributed by atoms with Crippen LogP contribution in [0.2, 0.25) is 0 Å². The molecule has 1 heterocycles. The van der Waals surface area contributed by atoms with Crippen molar-refractivity contribution in [3.63, 3.8) is 0 Å². The summed E-state index contributed by atoms with van der Waals surface area (Å²) in [5.74, 6) is 0.0539. The average molecular weight is 265 g/mol. The molecule has 2 rings (SSSR count). The Hall–Kier alpha value is -1.23. The first-order chi connectivity index (χ1) is 8.69. The minimum Gasteiger partial charge on any atom is -0.397 e. The number of pyridine rings is 1. The number of amides is 1. The van der Waals surface area contributed by atoms with E-state index in [2.05, 4.69) is 16.6 Å². The molecule has 4 nitrogen and oxygen atoms in total. The first-order valence-corrected chi connectivity index (χ1v) is 7.50. The van der Waals surface area contributed by atoms with Gasteiger partial charge in [-0.15, -0.1) is 0 Å². The van der Waals surface area contributed by atoms with E-state index >= 15 is 0 Å². The number of nitrogens with zero attached hydrogens (tertiary/aromatic N) is 1. The molecule has 1 aliphatic rings. The molecule has 0 bridgehead atoms. The highest BCUT2D eigenvalue weighted by Gasteiger charge is 2.27. The first-order valence-electron chi connectivity index (χ1n) is 6.21. The zero-order valence-corrected chi connectivity index (χ0v) is 11.4. The molecule has 0 aliphatic heterocycles. The molecule has 0 saturated heterocycles. The van der Waals surface area contributed by atoms with Gasteiger partial charge in [0.05, 0.1) is 18.3 Å². The van der Waals surface area contributed by atoms with E-state index in [1.54, 1.807) is 18.3 Å². The molecule has 2 unspecified atom stereocenters. The van der Waals surface area contributed by atoms with Gasteiger partial charge in [-0.25, -0.2) is 0 Å². The molecule has 98 valence electrons. The highest BCUT2D eigenvalue weighted by Crippen LogP contribution is 2.28. The summed E-state index contributed by atoms with van der Waals surface area (Å²) in [4.78, 5) is 16.1. The minimum atomic E-state index is 0.0539. The molecule has 0 spiro atoms. The van der Waals surface area contributed by atoms with Crippen molar-refractivity contribution in [2.24, 2.45) is 0 Å². The molecule has 1 aliphatic carbocycles. The summed E-state index contributed by atoms with van der Waals surface area (Å²) >= 11 is 1.84. The number of rotatable bonds is 4. The zero-order chi connectivity index (χ0) is 13.0. The molecular formula is C13H19N3OS. The second-order valence-corrected chi connectivity index (χ2v) is 5.72. The Morgan fingerprint density at radius 3 is 3.06 bits per heavy atom. The largest absolute Gasteiger partial charge is 0.397 e. The van der Waals surface area contributed by atoms with Crippen molar-refractivity contribution in [3.05, 3.63) is 24.0 Å². The lowest BCUT2D eigenvalue weighted by Gasteiger charge is -2.19. The fraction of sp³-hybridized carbons (Fsp3) is 0.538. The van der Waals surface area contributed by atoms with E-state index in [1.165, 1.54) is 12.8 Å². The summed E-state index contributed by atoms with van der Waals surface area (Å²) in [6.45, 7) is 0. The Balaban J connectivity index is 1.86. The van der Waals surface area contributed by atoms with Gasteiger partial charge in [0.1, 0.15) is 0 Å². The summed E-state index contributed by atoms with van der Waals surface area (Å²) in [7, 11) is 0. The van der Waals surface area contributed by atoms with E-state index in [4.69, 9.17) is 5.73 Å². The normalized spacial score (nSPS) is 22.9. The number of hydrogen-bond donors (Lipinski definition) is 2. The van der Waals surface area contributed by atoms with Crippen molar-refractivity contribution < 1.29 is 4.79 Å². The SMILES string of the molecule is CSC1CCCC1NC(=O)Cc1ccc(N)cn1. The molecule has 1 saturated carbocycles. The highest BCUT2D eigenvalue weighted by atomic mass is 32.2. The second kappa shape index (κ2) is 6.09. The van der Waals surface area contributed by atoms with Crippen LogP contribution in [0.3, 0.4) is 0 Å². The maximum absolute atomic E-state index is 11.9. The van der Waals surface area contributed by atoms with Crippen LogP contribution < -0.4 is 11.1 Å². The smallest absolute Gasteiger partial charge is 0.226 e. The molecular weight excluding hydrogens is 246 g/mol. The van der Waals surface area contributed by atoms with Crippen LogP contribution in [0.5, 0.6) is 0 Å². The van der Waals surface area contributed by atoms with Gasteiger partial charge in [-0.2, -0.15) is 11.8 Å². The lowest BCUT2D eigenvalue weighted by atomic mass is 10.2. The third-order valence-corrected chi connectivity index (χ3v) is 4.46. The van der Waals surface area contributed by atoms with E-state index < -0.39 is 0 Å². The van der Waals surface area contributed by atoms with Crippen molar-refractivity contribution in [1.82, 2.24) is 10.3 Å². The summed E-state index contributed by atoms with van der Waals surface area (Å²) in [6, 6.07) is 3.90. The Bertz CT molecular complexity index is 407. The van der Waals surface area contributed by atoms with Crippen molar-refractivity contribution in [2.45, 2.75) is 37.0 Å². The monoisotopic (exact) mass is 265 g/mol. The fourth-order valence-corrected chi connectivity index (χ4v) is 3.27. The van der Waals surface area contributed by atoms with Crippen LogP contribution >= 0.6 is 11.8 Å². The highest BCUT2D eigenvalue weighted by molar-refractivity contribution is 7.99. The Kier molecular flexibility index (Phi) is 4.47. The first kappa shape index (κ1) is 13.2. The summed E-state index contributed by atoms with van der Waals surface area (Å²) in [6.07, 6.45) is 7.52. The fourth-order valence-electron chi connectivity index (χ4n) is 2.34. The molecule has 1 aromatic rings. The number of thioether (sulfide) groups is 1. The van der Waals surface area contributed by atoms with Gasteiger partial charge < -0.3 is 11.1 Å². The minimum absolute atomic E-state index is 0.0539.